The Bertz CT molecular complexity index is 613. The lowest BCUT2D eigenvalue weighted by Crippen LogP contribution is -2.18. The van der Waals surface area contributed by atoms with Crippen LogP contribution in [-0.2, 0) is 16.1 Å². The molecule has 1 N–H and O–H groups in total. The third-order valence-electron chi connectivity index (χ3n) is 3.37. The molecule has 0 radical (unpaired) electrons. The number of hydrogen-bond donors (Lipinski definition) is 1. The van der Waals surface area contributed by atoms with E-state index < -0.39 is 21.5 Å². The number of anilines is 1. The summed E-state index contributed by atoms with van der Waals surface area (Å²) < 4.78 is 4.79. The SMILES string of the molecule is CCC(CC)Nc1cc(COC(C)=O)c([N+](=O)[O-])cc1[N+](=O)[O-]. The first-order chi connectivity index (χ1) is 10.8. The predicted molar refractivity (Wildman–Crippen MR) is 83.2 cm³/mol. The Morgan fingerprint density at radius 2 is 1.74 bits per heavy atom. The van der Waals surface area contributed by atoms with Gasteiger partial charge in [0.2, 0.25) is 0 Å². The van der Waals surface area contributed by atoms with E-state index in [9.17, 15) is 25.0 Å². The molecule has 0 atom stereocenters. The summed E-state index contributed by atoms with van der Waals surface area (Å²) in [6.07, 6.45) is 1.48. The van der Waals surface area contributed by atoms with Crippen molar-refractivity contribution in [2.45, 2.75) is 46.3 Å². The number of nitro benzene ring substituents is 2. The number of hydrogen-bond acceptors (Lipinski definition) is 7. The molecular weight excluding hydrogens is 306 g/mol. The molecule has 0 aliphatic rings. The summed E-state index contributed by atoms with van der Waals surface area (Å²) in [4.78, 5) is 31.8. The van der Waals surface area contributed by atoms with Crippen molar-refractivity contribution in [1.29, 1.82) is 0 Å². The van der Waals surface area contributed by atoms with E-state index in [1.165, 1.54) is 13.0 Å². The largest absolute Gasteiger partial charge is 0.461 e. The summed E-state index contributed by atoms with van der Waals surface area (Å²) >= 11 is 0. The quantitative estimate of drug-likeness (QED) is 0.442. The first-order valence-electron chi connectivity index (χ1n) is 7.15. The topological polar surface area (TPSA) is 125 Å². The zero-order valence-electron chi connectivity index (χ0n) is 13.2. The van der Waals surface area contributed by atoms with Crippen LogP contribution < -0.4 is 5.32 Å². The van der Waals surface area contributed by atoms with Crippen LogP contribution in [0.25, 0.3) is 0 Å². The Balaban J connectivity index is 3.35. The number of esters is 1. The second kappa shape index (κ2) is 8.06. The Morgan fingerprint density at radius 1 is 1.17 bits per heavy atom. The van der Waals surface area contributed by atoms with Crippen LogP contribution in [0.15, 0.2) is 12.1 Å². The van der Waals surface area contributed by atoms with Gasteiger partial charge in [0.1, 0.15) is 12.3 Å². The number of nitro groups is 2. The van der Waals surface area contributed by atoms with Gasteiger partial charge in [-0.3, -0.25) is 25.0 Å². The number of nitrogens with one attached hydrogen (secondary N) is 1. The molecule has 0 saturated carbocycles. The van der Waals surface area contributed by atoms with Gasteiger partial charge in [-0.1, -0.05) is 13.8 Å². The van der Waals surface area contributed by atoms with E-state index in [2.05, 4.69) is 5.32 Å². The highest BCUT2D eigenvalue weighted by Gasteiger charge is 2.25. The van der Waals surface area contributed by atoms with Crippen LogP contribution in [0.1, 0.15) is 39.2 Å². The summed E-state index contributed by atoms with van der Waals surface area (Å²) in [5.74, 6) is -0.591. The molecule has 0 saturated heterocycles. The lowest BCUT2D eigenvalue weighted by atomic mass is 10.1. The van der Waals surface area contributed by atoms with Gasteiger partial charge in [-0.2, -0.15) is 0 Å². The van der Waals surface area contributed by atoms with Crippen molar-refractivity contribution in [3.8, 4) is 0 Å². The number of benzene rings is 1. The van der Waals surface area contributed by atoms with Crippen LogP contribution in [0, 0.1) is 20.2 Å². The van der Waals surface area contributed by atoms with E-state index >= 15 is 0 Å². The highest BCUT2D eigenvalue weighted by molar-refractivity contribution is 5.69. The van der Waals surface area contributed by atoms with Gasteiger partial charge >= 0.3 is 5.97 Å². The van der Waals surface area contributed by atoms with Crippen molar-refractivity contribution in [3.63, 3.8) is 0 Å². The molecule has 0 bridgehead atoms. The van der Waals surface area contributed by atoms with Crippen molar-refractivity contribution in [2.24, 2.45) is 0 Å². The summed E-state index contributed by atoms with van der Waals surface area (Å²) in [5, 5.41) is 25.3. The molecule has 9 heteroatoms. The van der Waals surface area contributed by atoms with E-state index in [0.717, 1.165) is 18.9 Å². The van der Waals surface area contributed by atoms with E-state index in [1.54, 1.807) is 0 Å². The molecule has 9 nitrogen and oxygen atoms in total. The molecule has 0 fully saturated rings. The molecule has 23 heavy (non-hydrogen) atoms. The normalized spacial score (nSPS) is 10.4. The summed E-state index contributed by atoms with van der Waals surface area (Å²) in [5.41, 5.74) is -0.552. The molecule has 1 aromatic rings. The second-order valence-corrected chi connectivity index (χ2v) is 4.95. The highest BCUT2D eigenvalue weighted by atomic mass is 16.6. The maximum atomic E-state index is 11.2. The van der Waals surface area contributed by atoms with Gasteiger partial charge in [0.25, 0.3) is 11.4 Å². The molecule has 0 aliphatic carbocycles. The average Bonchev–Trinajstić information content (AvgIpc) is 2.49. The average molecular weight is 325 g/mol. The van der Waals surface area contributed by atoms with Gasteiger partial charge in [-0.25, -0.2) is 0 Å². The summed E-state index contributed by atoms with van der Waals surface area (Å²) in [6.45, 7) is 4.72. The molecular formula is C14H19N3O6. The third kappa shape index (κ3) is 4.90. The van der Waals surface area contributed by atoms with Crippen LogP contribution in [-0.4, -0.2) is 21.9 Å². The van der Waals surface area contributed by atoms with E-state index in [0.29, 0.717) is 0 Å². The highest BCUT2D eigenvalue weighted by Crippen LogP contribution is 2.34. The molecule has 0 unspecified atom stereocenters. The van der Waals surface area contributed by atoms with Gasteiger partial charge in [-0.05, 0) is 18.9 Å². The van der Waals surface area contributed by atoms with Gasteiger partial charge < -0.3 is 10.1 Å². The number of rotatable bonds is 8. The number of ether oxygens (including phenoxy) is 1. The standard InChI is InChI=1S/C14H19N3O6/c1-4-11(5-2)15-12-6-10(8-23-9(3)18)13(16(19)20)7-14(12)17(21)22/h6-7,11,15H,4-5,8H2,1-3H3. The maximum absolute atomic E-state index is 11.2. The van der Waals surface area contributed by atoms with Gasteiger partial charge in [0, 0.05) is 13.0 Å². The first-order valence-corrected chi connectivity index (χ1v) is 7.15. The lowest BCUT2D eigenvalue weighted by molar-refractivity contribution is -0.394. The molecule has 126 valence electrons. The molecule has 1 aromatic carbocycles. The van der Waals surface area contributed by atoms with Gasteiger partial charge in [-0.15, -0.1) is 0 Å². The van der Waals surface area contributed by atoms with Crippen LogP contribution in [0.5, 0.6) is 0 Å². The minimum absolute atomic E-state index is 0.00303. The molecule has 0 amide bonds. The Kier molecular flexibility index (Phi) is 6.43. The fourth-order valence-corrected chi connectivity index (χ4v) is 2.07. The zero-order chi connectivity index (χ0) is 17.6. The zero-order valence-corrected chi connectivity index (χ0v) is 13.2. The van der Waals surface area contributed by atoms with E-state index in [-0.39, 0.29) is 29.6 Å². The van der Waals surface area contributed by atoms with E-state index in [1.807, 2.05) is 13.8 Å². The van der Waals surface area contributed by atoms with Crippen molar-refractivity contribution in [2.75, 3.05) is 5.32 Å². The molecule has 0 heterocycles. The smallest absolute Gasteiger partial charge is 0.302 e. The Labute approximate surface area is 132 Å². The van der Waals surface area contributed by atoms with Gasteiger partial charge in [0.05, 0.1) is 21.5 Å². The molecule has 0 spiro atoms. The van der Waals surface area contributed by atoms with Crippen molar-refractivity contribution in [3.05, 3.63) is 37.9 Å². The monoisotopic (exact) mass is 325 g/mol. The molecule has 0 aromatic heterocycles. The second-order valence-electron chi connectivity index (χ2n) is 4.95. The number of carbonyl (C=O) groups is 1. The van der Waals surface area contributed by atoms with Crippen LogP contribution in [0.2, 0.25) is 0 Å². The first kappa shape index (κ1) is 18.3. The summed E-state index contributed by atoms with van der Waals surface area (Å²) in [6, 6.07) is 2.19. The minimum atomic E-state index is -0.729. The van der Waals surface area contributed by atoms with Crippen LogP contribution >= 0.6 is 0 Å². The van der Waals surface area contributed by atoms with Gasteiger partial charge in [0.15, 0.2) is 0 Å². The summed E-state index contributed by atoms with van der Waals surface area (Å²) in [7, 11) is 0. The van der Waals surface area contributed by atoms with Crippen LogP contribution in [0.3, 0.4) is 0 Å². The third-order valence-corrected chi connectivity index (χ3v) is 3.37. The predicted octanol–water partition coefficient (Wildman–Crippen LogP) is 3.17. The lowest BCUT2D eigenvalue weighted by Gasteiger charge is -2.17. The number of carbonyl (C=O) groups excluding carboxylic acids is 1. The Morgan fingerprint density at radius 3 is 2.17 bits per heavy atom. The minimum Gasteiger partial charge on any atom is -0.461 e. The maximum Gasteiger partial charge on any atom is 0.302 e. The molecule has 0 aliphatic heterocycles. The van der Waals surface area contributed by atoms with E-state index in [4.69, 9.17) is 4.74 Å². The molecule has 1 rings (SSSR count). The Hall–Kier alpha value is -2.71. The fourth-order valence-electron chi connectivity index (χ4n) is 2.07. The van der Waals surface area contributed by atoms with Crippen molar-refractivity contribution < 1.29 is 19.4 Å². The van der Waals surface area contributed by atoms with Crippen LogP contribution in [0.4, 0.5) is 17.1 Å². The van der Waals surface area contributed by atoms with Crippen molar-refractivity contribution >= 4 is 23.0 Å². The number of nitrogens with zero attached hydrogens (tertiary/aromatic N) is 2. The van der Waals surface area contributed by atoms with Crippen molar-refractivity contribution in [1.82, 2.24) is 0 Å². The fraction of sp³-hybridized carbons (Fsp3) is 0.500.